The van der Waals surface area contributed by atoms with Gasteiger partial charge in [-0.1, -0.05) is 6.92 Å². The second-order valence-corrected chi connectivity index (χ2v) is 7.09. The van der Waals surface area contributed by atoms with Crippen molar-refractivity contribution in [1.82, 2.24) is 14.7 Å². The summed E-state index contributed by atoms with van der Waals surface area (Å²) in [6, 6.07) is -0.344. The van der Waals surface area contributed by atoms with Crippen LogP contribution in [0.4, 0.5) is 4.79 Å². The van der Waals surface area contributed by atoms with Crippen molar-refractivity contribution in [1.29, 1.82) is 0 Å². The molecule has 0 aromatic carbocycles. The number of carbonyl (C=O) groups excluding carboxylic acids is 2. The SMILES string of the molecule is CCN1CCN(C(=O)[C@@H]2CCCN2C(=O)OC(C)(C)C)CC1. The second kappa shape index (κ2) is 6.86. The highest BCUT2D eigenvalue weighted by molar-refractivity contribution is 5.86. The van der Waals surface area contributed by atoms with E-state index < -0.39 is 5.60 Å². The lowest BCUT2D eigenvalue weighted by atomic mass is 10.1. The van der Waals surface area contributed by atoms with Gasteiger partial charge < -0.3 is 14.5 Å². The van der Waals surface area contributed by atoms with Gasteiger partial charge in [0.2, 0.25) is 5.91 Å². The van der Waals surface area contributed by atoms with Gasteiger partial charge in [-0.2, -0.15) is 0 Å². The van der Waals surface area contributed by atoms with Crippen molar-refractivity contribution in [3.05, 3.63) is 0 Å². The summed E-state index contributed by atoms with van der Waals surface area (Å²) in [4.78, 5) is 30.9. The van der Waals surface area contributed by atoms with Crippen LogP contribution in [0.15, 0.2) is 0 Å². The second-order valence-electron chi connectivity index (χ2n) is 7.09. The highest BCUT2D eigenvalue weighted by Crippen LogP contribution is 2.23. The maximum absolute atomic E-state index is 12.7. The molecule has 0 spiro atoms. The molecule has 2 fully saturated rings. The predicted molar refractivity (Wildman–Crippen MR) is 84.7 cm³/mol. The Morgan fingerprint density at radius 2 is 1.73 bits per heavy atom. The Balaban J connectivity index is 1.95. The fourth-order valence-electron chi connectivity index (χ4n) is 3.06. The minimum absolute atomic E-state index is 0.0825. The van der Waals surface area contributed by atoms with Crippen LogP contribution in [0.5, 0.6) is 0 Å². The normalized spacial score (nSPS) is 23.7. The molecule has 22 heavy (non-hydrogen) atoms. The third-order valence-electron chi connectivity index (χ3n) is 4.30. The Kier molecular flexibility index (Phi) is 5.32. The first-order valence-electron chi connectivity index (χ1n) is 8.32. The quantitative estimate of drug-likeness (QED) is 0.776. The maximum Gasteiger partial charge on any atom is 0.410 e. The summed E-state index contributed by atoms with van der Waals surface area (Å²) in [6.07, 6.45) is 1.24. The van der Waals surface area contributed by atoms with Crippen LogP contribution in [0.3, 0.4) is 0 Å². The first kappa shape index (κ1) is 17.1. The zero-order valence-electron chi connectivity index (χ0n) is 14.3. The number of carbonyl (C=O) groups is 2. The van der Waals surface area contributed by atoms with Crippen LogP contribution >= 0.6 is 0 Å². The Morgan fingerprint density at radius 1 is 1.09 bits per heavy atom. The summed E-state index contributed by atoms with van der Waals surface area (Å²) in [7, 11) is 0. The smallest absolute Gasteiger partial charge is 0.410 e. The summed E-state index contributed by atoms with van der Waals surface area (Å²) in [6.45, 7) is 12.7. The standard InChI is InChI=1S/C16H29N3O3/c1-5-17-9-11-18(12-10-17)14(20)13-7-6-8-19(13)15(21)22-16(2,3)4/h13H,5-12H2,1-4H3/t13-/m0/s1. The largest absolute Gasteiger partial charge is 0.444 e. The number of hydrogen-bond acceptors (Lipinski definition) is 4. The monoisotopic (exact) mass is 311 g/mol. The van der Waals surface area contributed by atoms with Crippen LogP contribution in [0.25, 0.3) is 0 Å². The average molecular weight is 311 g/mol. The lowest BCUT2D eigenvalue weighted by Gasteiger charge is -2.37. The van der Waals surface area contributed by atoms with Crippen molar-refractivity contribution in [2.75, 3.05) is 39.3 Å². The number of nitrogens with zero attached hydrogens (tertiary/aromatic N) is 3. The summed E-state index contributed by atoms with van der Waals surface area (Å²) in [5.41, 5.74) is -0.528. The van der Waals surface area contributed by atoms with E-state index in [-0.39, 0.29) is 18.0 Å². The topological polar surface area (TPSA) is 53.1 Å². The fraction of sp³-hybridized carbons (Fsp3) is 0.875. The molecule has 2 heterocycles. The van der Waals surface area contributed by atoms with Gasteiger partial charge in [0.05, 0.1) is 0 Å². The van der Waals surface area contributed by atoms with Crippen molar-refractivity contribution in [3.8, 4) is 0 Å². The van der Waals surface area contributed by atoms with Gasteiger partial charge >= 0.3 is 6.09 Å². The van der Waals surface area contributed by atoms with Crippen molar-refractivity contribution < 1.29 is 14.3 Å². The molecule has 0 saturated carbocycles. The lowest BCUT2D eigenvalue weighted by molar-refractivity contribution is -0.137. The summed E-state index contributed by atoms with van der Waals surface area (Å²) >= 11 is 0. The zero-order valence-corrected chi connectivity index (χ0v) is 14.3. The number of likely N-dealkylation sites (N-methyl/N-ethyl adjacent to an activating group) is 1. The molecule has 2 saturated heterocycles. The van der Waals surface area contributed by atoms with Crippen molar-refractivity contribution in [2.24, 2.45) is 0 Å². The van der Waals surface area contributed by atoms with Crippen molar-refractivity contribution in [2.45, 2.75) is 52.2 Å². The minimum atomic E-state index is -0.528. The number of hydrogen-bond donors (Lipinski definition) is 0. The van der Waals surface area contributed by atoms with E-state index in [0.29, 0.717) is 6.54 Å². The number of rotatable bonds is 2. The molecule has 0 aromatic heterocycles. The lowest BCUT2D eigenvalue weighted by Crippen LogP contribution is -2.54. The molecule has 1 atom stereocenters. The molecular weight excluding hydrogens is 282 g/mol. The molecule has 6 nitrogen and oxygen atoms in total. The summed E-state index contributed by atoms with van der Waals surface area (Å²) < 4.78 is 5.43. The van der Waals surface area contributed by atoms with E-state index in [0.717, 1.165) is 45.6 Å². The molecule has 126 valence electrons. The van der Waals surface area contributed by atoms with Crippen LogP contribution in [-0.4, -0.2) is 77.6 Å². The van der Waals surface area contributed by atoms with E-state index in [1.807, 2.05) is 25.7 Å². The molecule has 2 aliphatic heterocycles. The van der Waals surface area contributed by atoms with Gasteiger partial charge in [-0.25, -0.2) is 4.79 Å². The first-order chi connectivity index (χ1) is 10.3. The molecule has 2 rings (SSSR count). The number of amides is 2. The van der Waals surface area contributed by atoms with Gasteiger partial charge in [0.25, 0.3) is 0 Å². The number of piperazine rings is 1. The molecule has 0 N–H and O–H groups in total. The molecule has 0 bridgehead atoms. The third kappa shape index (κ3) is 4.12. The van der Waals surface area contributed by atoms with Crippen molar-refractivity contribution >= 4 is 12.0 Å². The highest BCUT2D eigenvalue weighted by atomic mass is 16.6. The third-order valence-corrected chi connectivity index (χ3v) is 4.30. The molecule has 0 unspecified atom stereocenters. The van der Waals surface area contributed by atoms with E-state index in [1.54, 1.807) is 4.90 Å². The summed E-state index contributed by atoms with van der Waals surface area (Å²) in [5, 5.41) is 0. The van der Waals surface area contributed by atoms with Crippen LogP contribution in [-0.2, 0) is 9.53 Å². The van der Waals surface area contributed by atoms with Gasteiger partial charge in [-0.05, 0) is 40.2 Å². The van der Waals surface area contributed by atoms with E-state index in [1.165, 1.54) is 0 Å². The molecule has 0 aromatic rings. The van der Waals surface area contributed by atoms with Gasteiger partial charge in [0.1, 0.15) is 11.6 Å². The van der Waals surface area contributed by atoms with Crippen LogP contribution < -0.4 is 0 Å². The predicted octanol–water partition coefficient (Wildman–Crippen LogP) is 1.55. The van der Waals surface area contributed by atoms with Gasteiger partial charge in [-0.3, -0.25) is 9.69 Å². The van der Waals surface area contributed by atoms with Crippen LogP contribution in [0, 0.1) is 0 Å². The van der Waals surface area contributed by atoms with Crippen LogP contribution in [0.2, 0.25) is 0 Å². The molecule has 6 heteroatoms. The Bertz CT molecular complexity index is 411. The minimum Gasteiger partial charge on any atom is -0.444 e. The van der Waals surface area contributed by atoms with Crippen molar-refractivity contribution in [3.63, 3.8) is 0 Å². The van der Waals surface area contributed by atoms with E-state index in [2.05, 4.69) is 11.8 Å². The van der Waals surface area contributed by atoms with Crippen LogP contribution in [0.1, 0.15) is 40.5 Å². The zero-order chi connectivity index (χ0) is 16.3. The van der Waals surface area contributed by atoms with Gasteiger partial charge in [0, 0.05) is 32.7 Å². The molecule has 2 amide bonds. The van der Waals surface area contributed by atoms with E-state index >= 15 is 0 Å². The molecule has 2 aliphatic rings. The molecule has 0 aliphatic carbocycles. The average Bonchev–Trinajstić information content (AvgIpc) is 2.94. The van der Waals surface area contributed by atoms with E-state index in [9.17, 15) is 9.59 Å². The fourth-order valence-corrected chi connectivity index (χ4v) is 3.06. The Morgan fingerprint density at radius 3 is 2.27 bits per heavy atom. The van der Waals surface area contributed by atoms with Gasteiger partial charge in [0.15, 0.2) is 0 Å². The number of likely N-dealkylation sites (tertiary alicyclic amines) is 1. The Hall–Kier alpha value is -1.30. The number of ether oxygens (including phenoxy) is 1. The molecule has 0 radical (unpaired) electrons. The van der Waals surface area contributed by atoms with Gasteiger partial charge in [-0.15, -0.1) is 0 Å². The summed E-state index contributed by atoms with van der Waals surface area (Å²) in [5.74, 6) is 0.0825. The molecular formula is C16H29N3O3. The van der Waals surface area contributed by atoms with E-state index in [4.69, 9.17) is 4.74 Å². The maximum atomic E-state index is 12.7. The highest BCUT2D eigenvalue weighted by Gasteiger charge is 2.39. The Labute approximate surface area is 133 Å². The first-order valence-corrected chi connectivity index (χ1v) is 8.32.